The summed E-state index contributed by atoms with van der Waals surface area (Å²) >= 11 is 6.40. The standard InChI is InChI=1S/C23H28ClN3O6S/c1-6-33-20-11-14(7-10-19(20)32-4)18(13-34(5,30)31)27-12-15-16(24)8-9-17(21(15)22(27)28)25-23(29)26(2)3/h7-11,18H,6,12-13H2,1-5H3,(H,25,29). The van der Waals surface area contributed by atoms with Gasteiger partial charge in [0.1, 0.15) is 9.84 Å². The Morgan fingerprint density at radius 3 is 2.53 bits per heavy atom. The molecule has 1 atom stereocenters. The van der Waals surface area contributed by atoms with Crippen LogP contribution >= 0.6 is 11.6 Å². The van der Waals surface area contributed by atoms with Crippen molar-refractivity contribution in [2.45, 2.75) is 19.5 Å². The number of nitrogens with zero attached hydrogens (tertiary/aromatic N) is 2. The van der Waals surface area contributed by atoms with E-state index in [1.807, 2.05) is 6.92 Å². The molecule has 1 heterocycles. The molecular formula is C23H28ClN3O6S. The van der Waals surface area contributed by atoms with Crippen molar-refractivity contribution in [2.24, 2.45) is 0 Å². The van der Waals surface area contributed by atoms with Crippen LogP contribution in [0.15, 0.2) is 30.3 Å². The molecule has 34 heavy (non-hydrogen) atoms. The number of benzene rings is 2. The molecule has 0 spiro atoms. The van der Waals surface area contributed by atoms with Crippen molar-refractivity contribution in [2.75, 3.05) is 45.1 Å². The van der Waals surface area contributed by atoms with Gasteiger partial charge in [-0.2, -0.15) is 0 Å². The van der Waals surface area contributed by atoms with Gasteiger partial charge in [0.2, 0.25) is 0 Å². The van der Waals surface area contributed by atoms with E-state index in [0.29, 0.717) is 39.9 Å². The molecule has 1 N–H and O–H groups in total. The number of carbonyl (C=O) groups is 2. The van der Waals surface area contributed by atoms with Crippen molar-refractivity contribution in [1.82, 2.24) is 9.80 Å². The van der Waals surface area contributed by atoms with Gasteiger partial charge in [0.15, 0.2) is 11.5 Å². The van der Waals surface area contributed by atoms with Crippen LogP contribution < -0.4 is 14.8 Å². The van der Waals surface area contributed by atoms with Crippen LogP contribution in [0.5, 0.6) is 11.5 Å². The Morgan fingerprint density at radius 2 is 1.94 bits per heavy atom. The predicted octanol–water partition coefficient (Wildman–Crippen LogP) is 3.58. The summed E-state index contributed by atoms with van der Waals surface area (Å²) in [5.41, 5.74) is 1.67. The summed E-state index contributed by atoms with van der Waals surface area (Å²) in [5, 5.41) is 3.07. The van der Waals surface area contributed by atoms with E-state index in [2.05, 4.69) is 5.32 Å². The Kier molecular flexibility index (Phi) is 7.62. The Hall–Kier alpha value is -2.98. The van der Waals surface area contributed by atoms with E-state index in [9.17, 15) is 18.0 Å². The number of sulfone groups is 1. The molecule has 0 bridgehead atoms. The fourth-order valence-electron chi connectivity index (χ4n) is 3.81. The van der Waals surface area contributed by atoms with Crippen molar-refractivity contribution >= 4 is 39.1 Å². The molecule has 9 nitrogen and oxygen atoms in total. The minimum atomic E-state index is -3.49. The van der Waals surface area contributed by atoms with Gasteiger partial charge < -0.3 is 24.6 Å². The minimum absolute atomic E-state index is 0.0921. The third kappa shape index (κ3) is 5.39. The highest BCUT2D eigenvalue weighted by Crippen LogP contribution is 2.40. The molecule has 3 amide bonds. The van der Waals surface area contributed by atoms with Crippen LogP contribution in [0.1, 0.15) is 34.5 Å². The quantitative estimate of drug-likeness (QED) is 0.583. The summed E-state index contributed by atoms with van der Waals surface area (Å²) in [6, 6.07) is 7.03. The lowest BCUT2D eigenvalue weighted by atomic mass is 10.1. The van der Waals surface area contributed by atoms with Crippen molar-refractivity contribution in [1.29, 1.82) is 0 Å². The van der Waals surface area contributed by atoms with Crippen LogP contribution in [-0.4, -0.2) is 70.0 Å². The first-order valence-corrected chi connectivity index (χ1v) is 13.0. The molecule has 0 radical (unpaired) electrons. The molecule has 11 heteroatoms. The number of methoxy groups -OCH3 is 1. The maximum absolute atomic E-state index is 13.6. The summed E-state index contributed by atoms with van der Waals surface area (Å²) < 4.78 is 35.7. The van der Waals surface area contributed by atoms with Gasteiger partial charge in [-0.05, 0) is 36.8 Å². The van der Waals surface area contributed by atoms with Gasteiger partial charge in [-0.1, -0.05) is 17.7 Å². The minimum Gasteiger partial charge on any atom is -0.493 e. The normalized spacial score (nSPS) is 13.9. The van der Waals surface area contributed by atoms with Gasteiger partial charge >= 0.3 is 6.03 Å². The zero-order valence-electron chi connectivity index (χ0n) is 19.7. The molecule has 0 saturated carbocycles. The van der Waals surface area contributed by atoms with Crippen molar-refractivity contribution in [3.8, 4) is 11.5 Å². The molecule has 0 aliphatic carbocycles. The molecule has 2 aromatic rings. The van der Waals surface area contributed by atoms with Crippen LogP contribution in [0.4, 0.5) is 10.5 Å². The van der Waals surface area contributed by atoms with Crippen molar-refractivity contribution in [3.05, 3.63) is 52.0 Å². The molecule has 184 valence electrons. The van der Waals surface area contributed by atoms with E-state index >= 15 is 0 Å². The molecule has 1 aliphatic rings. The number of anilines is 1. The van der Waals surface area contributed by atoms with Crippen LogP contribution in [-0.2, 0) is 16.4 Å². The number of nitrogens with one attached hydrogen (secondary N) is 1. The summed E-state index contributed by atoms with van der Waals surface area (Å²) in [5.74, 6) is 0.217. The van der Waals surface area contributed by atoms with Gasteiger partial charge in [0.25, 0.3) is 5.91 Å². The van der Waals surface area contributed by atoms with Gasteiger partial charge in [-0.3, -0.25) is 4.79 Å². The van der Waals surface area contributed by atoms with Crippen LogP contribution in [0.2, 0.25) is 5.02 Å². The maximum atomic E-state index is 13.6. The summed E-state index contributed by atoms with van der Waals surface area (Å²) in [7, 11) is 1.19. The first kappa shape index (κ1) is 25.6. The molecule has 0 fully saturated rings. The first-order chi connectivity index (χ1) is 16.0. The Labute approximate surface area is 204 Å². The number of rotatable bonds is 8. The van der Waals surface area contributed by atoms with Crippen LogP contribution in [0.25, 0.3) is 0 Å². The molecule has 2 aromatic carbocycles. The van der Waals surface area contributed by atoms with E-state index in [1.54, 1.807) is 44.4 Å². The first-order valence-electron chi connectivity index (χ1n) is 10.6. The second-order valence-electron chi connectivity index (χ2n) is 8.16. The monoisotopic (exact) mass is 509 g/mol. The van der Waals surface area contributed by atoms with Gasteiger partial charge in [-0.25, -0.2) is 13.2 Å². The smallest absolute Gasteiger partial charge is 0.321 e. The number of hydrogen-bond acceptors (Lipinski definition) is 6. The average molecular weight is 510 g/mol. The third-order valence-electron chi connectivity index (χ3n) is 5.42. The second-order valence-corrected chi connectivity index (χ2v) is 10.7. The van der Waals surface area contributed by atoms with E-state index in [0.717, 1.165) is 6.26 Å². The molecule has 3 rings (SSSR count). The second kappa shape index (κ2) is 10.1. The highest BCUT2D eigenvalue weighted by Gasteiger charge is 2.38. The summed E-state index contributed by atoms with van der Waals surface area (Å²) in [6.07, 6.45) is 1.12. The van der Waals surface area contributed by atoms with Crippen LogP contribution in [0, 0.1) is 0 Å². The lowest BCUT2D eigenvalue weighted by Crippen LogP contribution is -2.34. The molecular weight excluding hydrogens is 482 g/mol. The number of ether oxygens (including phenoxy) is 2. The third-order valence-corrected chi connectivity index (χ3v) is 6.69. The molecule has 1 aliphatic heterocycles. The summed E-state index contributed by atoms with van der Waals surface area (Å²) in [4.78, 5) is 28.6. The molecule has 0 aromatic heterocycles. The fourth-order valence-corrected chi connectivity index (χ4v) is 4.97. The Bertz CT molecular complexity index is 1220. The SMILES string of the molecule is CCOc1cc(C(CS(C)(=O)=O)N2Cc3c(Cl)ccc(NC(=O)N(C)C)c3C2=O)ccc1OC. The lowest BCUT2D eigenvalue weighted by molar-refractivity contribution is 0.0719. The number of amides is 3. The highest BCUT2D eigenvalue weighted by molar-refractivity contribution is 7.90. The zero-order valence-corrected chi connectivity index (χ0v) is 21.3. The van der Waals surface area contributed by atoms with Crippen LogP contribution in [0.3, 0.4) is 0 Å². The number of hydrogen-bond donors (Lipinski definition) is 1. The largest absolute Gasteiger partial charge is 0.493 e. The average Bonchev–Trinajstić information content (AvgIpc) is 3.11. The Morgan fingerprint density at radius 1 is 1.24 bits per heavy atom. The maximum Gasteiger partial charge on any atom is 0.321 e. The number of halogens is 1. The number of fused-ring (bicyclic) bond motifs is 1. The van der Waals surface area contributed by atoms with E-state index in [-0.39, 0.29) is 17.9 Å². The predicted molar refractivity (Wildman–Crippen MR) is 131 cm³/mol. The number of urea groups is 1. The lowest BCUT2D eigenvalue weighted by Gasteiger charge is -2.28. The van der Waals surface area contributed by atoms with Gasteiger partial charge in [0.05, 0.1) is 36.8 Å². The van der Waals surface area contributed by atoms with Crippen molar-refractivity contribution in [3.63, 3.8) is 0 Å². The van der Waals surface area contributed by atoms with E-state index in [1.165, 1.54) is 16.9 Å². The Balaban J connectivity index is 2.08. The van der Waals surface area contributed by atoms with Gasteiger partial charge in [0, 0.05) is 37.5 Å². The summed E-state index contributed by atoms with van der Waals surface area (Å²) in [6.45, 7) is 2.30. The number of carbonyl (C=O) groups excluding carboxylic acids is 2. The topological polar surface area (TPSA) is 105 Å². The van der Waals surface area contributed by atoms with Crippen molar-refractivity contribution < 1.29 is 27.5 Å². The fraction of sp³-hybridized carbons (Fsp3) is 0.391. The molecule has 1 unspecified atom stereocenters. The van der Waals surface area contributed by atoms with Gasteiger partial charge in [-0.15, -0.1) is 0 Å². The molecule has 0 saturated heterocycles. The van der Waals surface area contributed by atoms with E-state index < -0.39 is 27.8 Å². The zero-order chi connectivity index (χ0) is 25.2. The highest BCUT2D eigenvalue weighted by atomic mass is 35.5. The van der Waals surface area contributed by atoms with E-state index in [4.69, 9.17) is 21.1 Å².